The quantitative estimate of drug-likeness (QED) is 0.814. The fourth-order valence-electron chi connectivity index (χ4n) is 1.32. The van der Waals surface area contributed by atoms with E-state index in [1.54, 1.807) is 6.07 Å². The highest BCUT2D eigenvalue weighted by Crippen LogP contribution is 2.16. The van der Waals surface area contributed by atoms with E-state index in [0.29, 0.717) is 11.3 Å². The zero-order chi connectivity index (χ0) is 12.9. The lowest BCUT2D eigenvalue weighted by Crippen LogP contribution is -2.26. The SMILES string of the molecule is CNS(=O)(=O)CCNc1cc(C)ccc1C#N. The van der Waals surface area contributed by atoms with Crippen LogP contribution >= 0.6 is 0 Å². The smallest absolute Gasteiger partial charge is 0.213 e. The number of sulfonamides is 1. The highest BCUT2D eigenvalue weighted by molar-refractivity contribution is 7.89. The topological polar surface area (TPSA) is 82.0 Å². The summed E-state index contributed by atoms with van der Waals surface area (Å²) in [4.78, 5) is 0. The highest BCUT2D eigenvalue weighted by Gasteiger charge is 2.07. The maximum Gasteiger partial charge on any atom is 0.213 e. The molecule has 0 unspecified atom stereocenters. The van der Waals surface area contributed by atoms with Gasteiger partial charge in [-0.3, -0.25) is 0 Å². The predicted molar refractivity (Wildman–Crippen MR) is 67.2 cm³/mol. The van der Waals surface area contributed by atoms with Crippen LogP contribution in [0.25, 0.3) is 0 Å². The Hall–Kier alpha value is -1.58. The summed E-state index contributed by atoms with van der Waals surface area (Å²) >= 11 is 0. The molecule has 0 aliphatic rings. The summed E-state index contributed by atoms with van der Waals surface area (Å²) < 4.78 is 24.6. The van der Waals surface area contributed by atoms with Crippen LogP contribution in [0.3, 0.4) is 0 Å². The van der Waals surface area contributed by atoms with Crippen LogP contribution in [0.1, 0.15) is 11.1 Å². The molecule has 0 amide bonds. The maximum absolute atomic E-state index is 11.2. The standard InChI is InChI=1S/C11H15N3O2S/c1-9-3-4-10(8-12)11(7-9)14-5-6-17(15,16)13-2/h3-4,7,13-14H,5-6H2,1-2H3. The van der Waals surface area contributed by atoms with Gasteiger partial charge in [-0.2, -0.15) is 5.26 Å². The van der Waals surface area contributed by atoms with Gasteiger partial charge in [0, 0.05) is 6.54 Å². The third kappa shape index (κ3) is 4.06. The van der Waals surface area contributed by atoms with Crippen molar-refractivity contribution >= 4 is 15.7 Å². The van der Waals surface area contributed by atoms with Gasteiger partial charge in [0.2, 0.25) is 10.0 Å². The molecule has 1 aromatic carbocycles. The zero-order valence-corrected chi connectivity index (χ0v) is 10.6. The molecule has 6 heteroatoms. The van der Waals surface area contributed by atoms with Gasteiger partial charge in [-0.15, -0.1) is 0 Å². The van der Waals surface area contributed by atoms with Gasteiger partial charge >= 0.3 is 0 Å². The average Bonchev–Trinajstić information content (AvgIpc) is 2.29. The molecule has 0 aliphatic carbocycles. The molecular weight excluding hydrogens is 238 g/mol. The van der Waals surface area contributed by atoms with Crippen molar-refractivity contribution < 1.29 is 8.42 Å². The summed E-state index contributed by atoms with van der Waals surface area (Å²) in [6, 6.07) is 7.43. The number of anilines is 1. The fourth-order valence-corrected chi connectivity index (χ4v) is 1.90. The Balaban J connectivity index is 2.70. The molecule has 0 saturated carbocycles. The molecule has 0 bridgehead atoms. The van der Waals surface area contributed by atoms with Crippen LogP contribution in [0.5, 0.6) is 0 Å². The van der Waals surface area contributed by atoms with Gasteiger partial charge in [0.1, 0.15) is 6.07 Å². The minimum absolute atomic E-state index is 0.0255. The van der Waals surface area contributed by atoms with E-state index in [1.807, 2.05) is 19.1 Å². The van der Waals surface area contributed by atoms with Gasteiger partial charge in [0.15, 0.2) is 0 Å². The van der Waals surface area contributed by atoms with E-state index >= 15 is 0 Å². The van der Waals surface area contributed by atoms with Gasteiger partial charge in [0.25, 0.3) is 0 Å². The first-order chi connectivity index (χ1) is 7.98. The maximum atomic E-state index is 11.2. The van der Waals surface area contributed by atoms with Gasteiger partial charge in [-0.1, -0.05) is 6.07 Å². The van der Waals surface area contributed by atoms with E-state index in [-0.39, 0.29) is 12.3 Å². The monoisotopic (exact) mass is 253 g/mol. The van der Waals surface area contributed by atoms with Crippen molar-refractivity contribution in [2.24, 2.45) is 0 Å². The van der Waals surface area contributed by atoms with Gasteiger partial charge in [-0.25, -0.2) is 13.1 Å². The lowest BCUT2D eigenvalue weighted by Gasteiger charge is -2.09. The van der Waals surface area contributed by atoms with Crippen LogP contribution in [0.4, 0.5) is 5.69 Å². The van der Waals surface area contributed by atoms with Crippen LogP contribution in [-0.4, -0.2) is 27.8 Å². The van der Waals surface area contributed by atoms with Crippen LogP contribution in [0, 0.1) is 18.3 Å². The summed E-state index contributed by atoms with van der Waals surface area (Å²) in [5, 5.41) is 11.8. The predicted octanol–water partition coefficient (Wildman–Crippen LogP) is 0.828. The average molecular weight is 253 g/mol. The van der Waals surface area contributed by atoms with E-state index < -0.39 is 10.0 Å². The molecule has 0 fully saturated rings. The molecule has 92 valence electrons. The Morgan fingerprint density at radius 2 is 2.12 bits per heavy atom. The molecule has 0 aromatic heterocycles. The van der Waals surface area contributed by atoms with Gasteiger partial charge in [-0.05, 0) is 31.7 Å². The van der Waals surface area contributed by atoms with Crippen molar-refractivity contribution in [1.29, 1.82) is 5.26 Å². The van der Waals surface area contributed by atoms with Crippen LogP contribution in [-0.2, 0) is 10.0 Å². The number of nitrogens with zero attached hydrogens (tertiary/aromatic N) is 1. The summed E-state index contributed by atoms with van der Waals surface area (Å²) in [5.74, 6) is -0.0255. The second kappa shape index (κ2) is 5.66. The van der Waals surface area contributed by atoms with Crippen LogP contribution in [0.15, 0.2) is 18.2 Å². The van der Waals surface area contributed by atoms with E-state index in [0.717, 1.165) is 5.56 Å². The Kier molecular flexibility index (Phi) is 4.49. The second-order valence-electron chi connectivity index (χ2n) is 3.61. The van der Waals surface area contributed by atoms with Gasteiger partial charge < -0.3 is 5.32 Å². The molecule has 2 N–H and O–H groups in total. The third-order valence-corrected chi connectivity index (χ3v) is 3.66. The largest absolute Gasteiger partial charge is 0.383 e. The normalized spacial score (nSPS) is 10.9. The van der Waals surface area contributed by atoms with Crippen molar-refractivity contribution in [3.05, 3.63) is 29.3 Å². The zero-order valence-electron chi connectivity index (χ0n) is 9.82. The van der Waals surface area contributed by atoms with Crippen LogP contribution in [0.2, 0.25) is 0 Å². The first-order valence-electron chi connectivity index (χ1n) is 5.14. The molecule has 0 radical (unpaired) electrons. The number of hydrogen-bond acceptors (Lipinski definition) is 4. The van der Waals surface area contributed by atoms with Crippen molar-refractivity contribution in [3.63, 3.8) is 0 Å². The number of benzene rings is 1. The molecule has 0 aliphatic heterocycles. The summed E-state index contributed by atoms with van der Waals surface area (Å²) in [7, 11) is -1.84. The van der Waals surface area contributed by atoms with Crippen LogP contribution < -0.4 is 10.0 Å². The lowest BCUT2D eigenvalue weighted by molar-refractivity contribution is 0.588. The molecule has 0 heterocycles. The molecule has 17 heavy (non-hydrogen) atoms. The van der Waals surface area contributed by atoms with Crippen molar-refractivity contribution in [1.82, 2.24) is 4.72 Å². The molecule has 1 aromatic rings. The number of rotatable bonds is 5. The number of nitriles is 1. The summed E-state index contributed by atoms with van der Waals surface area (Å²) in [6.45, 7) is 2.18. The van der Waals surface area contributed by atoms with Crippen molar-refractivity contribution in [3.8, 4) is 6.07 Å². The molecule has 5 nitrogen and oxygen atoms in total. The molecule has 0 saturated heterocycles. The minimum atomic E-state index is -3.21. The molecule has 0 spiro atoms. The number of aryl methyl sites for hydroxylation is 1. The molecule has 0 atom stereocenters. The lowest BCUT2D eigenvalue weighted by atomic mass is 10.1. The molecule has 1 rings (SSSR count). The van der Waals surface area contributed by atoms with E-state index in [9.17, 15) is 8.42 Å². The van der Waals surface area contributed by atoms with Crippen molar-refractivity contribution in [2.75, 3.05) is 24.7 Å². The van der Waals surface area contributed by atoms with E-state index in [4.69, 9.17) is 5.26 Å². The fraction of sp³-hybridized carbons (Fsp3) is 0.364. The Bertz CT molecular complexity index is 532. The Labute approximate surface area is 102 Å². The Morgan fingerprint density at radius 1 is 1.41 bits per heavy atom. The minimum Gasteiger partial charge on any atom is -0.383 e. The first-order valence-corrected chi connectivity index (χ1v) is 6.79. The second-order valence-corrected chi connectivity index (χ2v) is 5.66. The number of hydrogen-bond donors (Lipinski definition) is 2. The summed E-state index contributed by atoms with van der Waals surface area (Å²) in [5.41, 5.74) is 2.19. The highest BCUT2D eigenvalue weighted by atomic mass is 32.2. The van der Waals surface area contributed by atoms with E-state index in [2.05, 4.69) is 16.1 Å². The third-order valence-electron chi connectivity index (χ3n) is 2.29. The molecular formula is C11H15N3O2S. The Morgan fingerprint density at radius 3 is 2.71 bits per heavy atom. The number of nitrogens with one attached hydrogen (secondary N) is 2. The van der Waals surface area contributed by atoms with Crippen molar-refractivity contribution in [2.45, 2.75) is 6.92 Å². The first kappa shape index (κ1) is 13.5. The van der Waals surface area contributed by atoms with E-state index in [1.165, 1.54) is 7.05 Å². The summed E-state index contributed by atoms with van der Waals surface area (Å²) in [6.07, 6.45) is 0. The van der Waals surface area contributed by atoms with Gasteiger partial charge in [0.05, 0.1) is 17.0 Å².